The predicted molar refractivity (Wildman–Crippen MR) is 120 cm³/mol. The minimum atomic E-state index is -0.212. The molecular weight excluding hydrogens is 410 g/mol. The Morgan fingerprint density at radius 1 is 1.09 bits per heavy atom. The first-order chi connectivity index (χ1) is 15.6. The summed E-state index contributed by atoms with van der Waals surface area (Å²) in [6.45, 7) is 1.59. The van der Waals surface area contributed by atoms with E-state index in [1.54, 1.807) is 43.3 Å². The number of methoxy groups -OCH3 is 1. The van der Waals surface area contributed by atoms with Crippen molar-refractivity contribution >= 4 is 17.6 Å². The van der Waals surface area contributed by atoms with Crippen molar-refractivity contribution in [3.63, 3.8) is 0 Å². The van der Waals surface area contributed by atoms with Crippen LogP contribution in [0.4, 0.5) is 10.5 Å². The summed E-state index contributed by atoms with van der Waals surface area (Å²) in [6, 6.07) is 16.0. The highest BCUT2D eigenvalue weighted by atomic mass is 16.5. The van der Waals surface area contributed by atoms with Gasteiger partial charge in [-0.25, -0.2) is 4.79 Å². The predicted octanol–water partition coefficient (Wildman–Crippen LogP) is 3.21. The van der Waals surface area contributed by atoms with Crippen molar-refractivity contribution in [2.45, 2.75) is 12.8 Å². The van der Waals surface area contributed by atoms with Crippen LogP contribution in [0.2, 0.25) is 0 Å². The Bertz CT molecular complexity index is 1000. The lowest BCUT2D eigenvalue weighted by Crippen LogP contribution is -2.33. The Morgan fingerprint density at radius 3 is 2.56 bits per heavy atom. The lowest BCUT2D eigenvalue weighted by Gasteiger charge is -2.16. The summed E-state index contributed by atoms with van der Waals surface area (Å²) in [4.78, 5) is 30.3. The smallest absolute Gasteiger partial charge is 0.321 e. The molecule has 0 aliphatic heterocycles. The maximum absolute atomic E-state index is 12.3. The Hall–Kier alpha value is -3.72. The van der Waals surface area contributed by atoms with Gasteiger partial charge in [0.2, 0.25) is 0 Å². The van der Waals surface area contributed by atoms with E-state index in [0.29, 0.717) is 43.4 Å². The standard InChI is InChI=1S/C23H27N5O4/c1-28(23(30)25-19-7-4-3-5-8-19)15-13-20-26-22(32-27-20)18-11-9-17(10-12-18)21(29)24-14-6-16-31-2/h3-5,7-12H,6,13-16H2,1-2H3,(H,24,29)(H,25,30). The number of hydrogen-bond donors (Lipinski definition) is 2. The molecule has 0 atom stereocenters. The van der Waals surface area contributed by atoms with Crippen LogP contribution in [-0.2, 0) is 11.2 Å². The molecule has 0 bridgehead atoms. The van der Waals surface area contributed by atoms with Gasteiger partial charge in [0.15, 0.2) is 5.82 Å². The van der Waals surface area contributed by atoms with E-state index in [1.807, 2.05) is 30.3 Å². The Morgan fingerprint density at radius 2 is 1.84 bits per heavy atom. The molecule has 3 amide bonds. The summed E-state index contributed by atoms with van der Waals surface area (Å²) in [5, 5.41) is 9.65. The zero-order chi connectivity index (χ0) is 22.8. The molecule has 2 aromatic carbocycles. The van der Waals surface area contributed by atoms with Crippen molar-refractivity contribution in [3.8, 4) is 11.5 Å². The van der Waals surface area contributed by atoms with Crippen LogP contribution >= 0.6 is 0 Å². The minimum Gasteiger partial charge on any atom is -0.385 e. The molecule has 0 radical (unpaired) electrons. The summed E-state index contributed by atoms with van der Waals surface area (Å²) in [5.74, 6) is 0.721. The first-order valence-corrected chi connectivity index (χ1v) is 10.3. The van der Waals surface area contributed by atoms with Gasteiger partial charge in [-0.1, -0.05) is 23.4 Å². The highest BCUT2D eigenvalue weighted by Gasteiger charge is 2.13. The fraction of sp³-hybridized carbons (Fsp3) is 0.304. The van der Waals surface area contributed by atoms with Crippen LogP contribution in [0.5, 0.6) is 0 Å². The lowest BCUT2D eigenvalue weighted by atomic mass is 10.1. The van der Waals surface area contributed by atoms with Gasteiger partial charge in [0.05, 0.1) is 0 Å². The summed E-state index contributed by atoms with van der Waals surface area (Å²) in [5.41, 5.74) is 2.00. The molecule has 0 spiro atoms. The first-order valence-electron chi connectivity index (χ1n) is 10.3. The van der Waals surface area contributed by atoms with Crippen molar-refractivity contribution in [1.82, 2.24) is 20.4 Å². The SMILES string of the molecule is COCCCNC(=O)c1ccc(-c2nc(CCN(C)C(=O)Nc3ccccc3)no2)cc1. The molecular formula is C23H27N5O4. The van der Waals surface area contributed by atoms with Gasteiger partial charge in [0.25, 0.3) is 11.8 Å². The van der Waals surface area contributed by atoms with Gasteiger partial charge in [0.1, 0.15) is 0 Å². The molecule has 0 saturated carbocycles. The first kappa shape index (κ1) is 23.0. The highest BCUT2D eigenvalue weighted by molar-refractivity contribution is 5.94. The van der Waals surface area contributed by atoms with E-state index in [-0.39, 0.29) is 11.9 Å². The summed E-state index contributed by atoms with van der Waals surface area (Å²) in [6.07, 6.45) is 1.21. The number of carbonyl (C=O) groups is 2. The molecule has 168 valence electrons. The van der Waals surface area contributed by atoms with E-state index in [1.165, 1.54) is 0 Å². The molecule has 0 aliphatic carbocycles. The molecule has 1 heterocycles. The second-order valence-corrected chi connectivity index (χ2v) is 7.16. The van der Waals surface area contributed by atoms with Gasteiger partial charge < -0.3 is 24.8 Å². The molecule has 9 heteroatoms. The normalized spacial score (nSPS) is 10.6. The minimum absolute atomic E-state index is 0.143. The topological polar surface area (TPSA) is 110 Å². The molecule has 0 fully saturated rings. The van der Waals surface area contributed by atoms with E-state index < -0.39 is 0 Å². The van der Waals surface area contributed by atoms with Crippen molar-refractivity contribution in [3.05, 3.63) is 66.0 Å². The number of rotatable bonds is 10. The van der Waals surface area contributed by atoms with Crippen molar-refractivity contribution < 1.29 is 18.8 Å². The third-order valence-corrected chi connectivity index (χ3v) is 4.72. The average Bonchev–Trinajstić information content (AvgIpc) is 3.30. The van der Waals surface area contributed by atoms with E-state index >= 15 is 0 Å². The fourth-order valence-corrected chi connectivity index (χ4v) is 2.87. The number of nitrogens with zero attached hydrogens (tertiary/aromatic N) is 3. The molecule has 1 aromatic heterocycles. The average molecular weight is 438 g/mol. The largest absolute Gasteiger partial charge is 0.385 e. The van der Waals surface area contributed by atoms with Crippen LogP contribution in [0.25, 0.3) is 11.5 Å². The van der Waals surface area contributed by atoms with Crippen LogP contribution in [0.3, 0.4) is 0 Å². The van der Waals surface area contributed by atoms with Gasteiger partial charge in [-0.15, -0.1) is 0 Å². The van der Waals surface area contributed by atoms with E-state index in [9.17, 15) is 9.59 Å². The van der Waals surface area contributed by atoms with Crippen LogP contribution in [-0.4, -0.2) is 60.8 Å². The van der Waals surface area contributed by atoms with Crippen LogP contribution in [0.1, 0.15) is 22.6 Å². The summed E-state index contributed by atoms with van der Waals surface area (Å²) >= 11 is 0. The van der Waals surface area contributed by atoms with E-state index in [4.69, 9.17) is 9.26 Å². The third-order valence-electron chi connectivity index (χ3n) is 4.72. The molecule has 9 nitrogen and oxygen atoms in total. The zero-order valence-corrected chi connectivity index (χ0v) is 18.2. The van der Waals surface area contributed by atoms with Gasteiger partial charge >= 0.3 is 6.03 Å². The van der Waals surface area contributed by atoms with Crippen molar-refractivity contribution in [2.75, 3.05) is 39.2 Å². The zero-order valence-electron chi connectivity index (χ0n) is 18.2. The summed E-state index contributed by atoms with van der Waals surface area (Å²) in [7, 11) is 3.34. The Labute approximate surface area is 186 Å². The van der Waals surface area contributed by atoms with Crippen LogP contribution in [0, 0.1) is 0 Å². The molecule has 2 N–H and O–H groups in total. The maximum atomic E-state index is 12.3. The molecule has 3 rings (SSSR count). The number of likely N-dealkylation sites (N-methyl/N-ethyl adjacent to an activating group) is 1. The third kappa shape index (κ3) is 6.64. The Balaban J connectivity index is 1.49. The fourth-order valence-electron chi connectivity index (χ4n) is 2.87. The van der Waals surface area contributed by atoms with Gasteiger partial charge in [0, 0.05) is 57.1 Å². The van der Waals surface area contributed by atoms with Crippen molar-refractivity contribution in [1.29, 1.82) is 0 Å². The van der Waals surface area contributed by atoms with Gasteiger partial charge in [-0.2, -0.15) is 4.98 Å². The summed E-state index contributed by atoms with van der Waals surface area (Å²) < 4.78 is 10.3. The molecule has 32 heavy (non-hydrogen) atoms. The number of anilines is 1. The Kier molecular flexibility index (Phi) is 8.33. The number of amides is 3. The second-order valence-electron chi connectivity index (χ2n) is 7.16. The van der Waals surface area contributed by atoms with Gasteiger partial charge in [-0.3, -0.25) is 4.79 Å². The van der Waals surface area contributed by atoms with E-state index in [0.717, 1.165) is 17.7 Å². The van der Waals surface area contributed by atoms with Crippen molar-refractivity contribution in [2.24, 2.45) is 0 Å². The molecule has 3 aromatic rings. The van der Waals surface area contributed by atoms with Crippen LogP contribution < -0.4 is 10.6 Å². The van der Waals surface area contributed by atoms with Gasteiger partial charge in [-0.05, 0) is 42.8 Å². The quantitative estimate of drug-likeness (QED) is 0.472. The monoisotopic (exact) mass is 437 g/mol. The van der Waals surface area contributed by atoms with E-state index in [2.05, 4.69) is 20.8 Å². The number of benzene rings is 2. The number of nitrogens with one attached hydrogen (secondary N) is 2. The molecule has 0 aliphatic rings. The highest BCUT2D eigenvalue weighted by Crippen LogP contribution is 2.18. The molecule has 0 unspecified atom stereocenters. The molecule has 0 saturated heterocycles. The second kappa shape index (κ2) is 11.6. The number of carbonyl (C=O) groups excluding carboxylic acids is 2. The van der Waals surface area contributed by atoms with Crippen LogP contribution in [0.15, 0.2) is 59.1 Å². The number of para-hydroxylation sites is 1. The maximum Gasteiger partial charge on any atom is 0.321 e. The number of urea groups is 1. The number of ether oxygens (including phenoxy) is 1. The number of aromatic nitrogens is 2. The number of hydrogen-bond acceptors (Lipinski definition) is 6. The lowest BCUT2D eigenvalue weighted by molar-refractivity contribution is 0.0948.